The average Bonchev–Trinajstić information content (AvgIpc) is 2.79. The number of anilines is 1. The third kappa shape index (κ3) is 8.12. The minimum atomic E-state index is -0.225. The summed E-state index contributed by atoms with van der Waals surface area (Å²) in [6.45, 7) is 7.18. The van der Waals surface area contributed by atoms with Crippen molar-refractivity contribution in [2.75, 3.05) is 49.9 Å². The molecule has 3 aromatic rings. The van der Waals surface area contributed by atoms with E-state index in [0.29, 0.717) is 31.5 Å². The molecule has 2 aromatic carbocycles. The van der Waals surface area contributed by atoms with Crippen molar-refractivity contribution in [1.29, 1.82) is 0 Å². The Kier molecular flexibility index (Phi) is 12.2. The number of hydrogen-bond acceptors (Lipinski definition) is 5. The van der Waals surface area contributed by atoms with Crippen LogP contribution in [0, 0.1) is 0 Å². The van der Waals surface area contributed by atoms with Crippen molar-refractivity contribution in [1.82, 2.24) is 9.88 Å². The first kappa shape index (κ1) is 26.2. The van der Waals surface area contributed by atoms with Gasteiger partial charge in [-0.25, -0.2) is 4.98 Å². The van der Waals surface area contributed by atoms with E-state index in [2.05, 4.69) is 24.1 Å². The smallest absolute Gasteiger partial charge is 0.307 e. The van der Waals surface area contributed by atoms with E-state index in [9.17, 15) is 4.79 Å². The van der Waals surface area contributed by atoms with Gasteiger partial charge < -0.3 is 10.1 Å². The second-order valence-electron chi connectivity index (χ2n) is 7.35. The zero-order valence-electron chi connectivity index (χ0n) is 18.9. The molecule has 0 aliphatic rings. The predicted molar refractivity (Wildman–Crippen MR) is 137 cm³/mol. The van der Waals surface area contributed by atoms with Crippen LogP contribution in [0.5, 0.6) is 0 Å². The number of alkyl halides is 2. The van der Waals surface area contributed by atoms with E-state index in [0.717, 1.165) is 40.6 Å². The molecule has 0 saturated heterocycles. The number of pyridine rings is 1. The number of esters is 1. The van der Waals surface area contributed by atoms with E-state index in [1.807, 2.05) is 48.5 Å². The van der Waals surface area contributed by atoms with Crippen molar-refractivity contribution >= 4 is 56.7 Å². The minimum absolute atomic E-state index is 0.225. The van der Waals surface area contributed by atoms with E-state index < -0.39 is 0 Å². The third-order valence-electron chi connectivity index (χ3n) is 4.69. The summed E-state index contributed by atoms with van der Waals surface area (Å²) < 4.78 is 5.36. The zero-order chi connectivity index (χ0) is 23.2. The van der Waals surface area contributed by atoms with Crippen LogP contribution in [-0.4, -0.2) is 60.4 Å². The Morgan fingerprint density at radius 3 is 2.00 bits per heavy atom. The van der Waals surface area contributed by atoms with Gasteiger partial charge in [0.25, 0.3) is 0 Å². The molecule has 0 unspecified atom stereocenters. The fourth-order valence-electron chi connectivity index (χ4n) is 3.26. The second kappa shape index (κ2) is 14.9. The number of ether oxygens (including phenoxy) is 1. The van der Waals surface area contributed by atoms with Gasteiger partial charge in [0.05, 0.1) is 23.1 Å². The number of para-hydroxylation sites is 2. The Bertz CT molecular complexity index is 908. The molecule has 32 heavy (non-hydrogen) atoms. The third-order valence-corrected chi connectivity index (χ3v) is 5.03. The first-order valence-electron chi connectivity index (χ1n) is 11.2. The molecule has 174 valence electrons. The number of carbonyl (C=O) groups excluding carboxylic acids is 1. The first-order valence-corrected chi connectivity index (χ1v) is 12.2. The maximum absolute atomic E-state index is 12.1. The number of nitrogens with one attached hydrogen (secondary N) is 1. The van der Waals surface area contributed by atoms with E-state index in [1.54, 1.807) is 0 Å². The molecule has 0 fully saturated rings. The van der Waals surface area contributed by atoms with E-state index in [1.165, 1.54) is 6.42 Å². The Balaban J connectivity index is 0.00000114. The highest BCUT2D eigenvalue weighted by molar-refractivity contribution is 6.18. The normalized spacial score (nSPS) is 10.8. The van der Waals surface area contributed by atoms with Gasteiger partial charge in [-0.1, -0.05) is 56.7 Å². The van der Waals surface area contributed by atoms with Gasteiger partial charge in [-0.3, -0.25) is 9.69 Å². The van der Waals surface area contributed by atoms with Crippen LogP contribution < -0.4 is 5.32 Å². The van der Waals surface area contributed by atoms with Gasteiger partial charge in [0.15, 0.2) is 0 Å². The molecule has 3 rings (SSSR count). The average molecular weight is 478 g/mol. The van der Waals surface area contributed by atoms with Gasteiger partial charge in [-0.05, 0) is 12.1 Å². The van der Waals surface area contributed by atoms with Gasteiger partial charge in [0.1, 0.15) is 6.61 Å². The van der Waals surface area contributed by atoms with Crippen LogP contribution in [0.1, 0.15) is 26.7 Å². The summed E-state index contributed by atoms with van der Waals surface area (Å²) in [6, 6.07) is 16.0. The second-order valence-corrected chi connectivity index (χ2v) is 8.10. The molecule has 0 bridgehead atoms. The van der Waals surface area contributed by atoms with Crippen LogP contribution in [0.4, 0.5) is 5.69 Å². The number of nitrogens with zero attached hydrogens (tertiary/aromatic N) is 2. The van der Waals surface area contributed by atoms with Crippen LogP contribution in [0.2, 0.25) is 0 Å². The molecule has 1 heterocycles. The lowest BCUT2D eigenvalue weighted by Crippen LogP contribution is -2.32. The summed E-state index contributed by atoms with van der Waals surface area (Å²) in [7, 11) is 0. The number of rotatable bonds is 11. The van der Waals surface area contributed by atoms with Crippen LogP contribution in [0.15, 0.2) is 48.5 Å². The van der Waals surface area contributed by atoms with Crippen molar-refractivity contribution in [3.05, 3.63) is 48.5 Å². The summed E-state index contributed by atoms with van der Waals surface area (Å²) in [5.74, 6) is 0.836. The lowest BCUT2D eigenvalue weighted by molar-refractivity contribution is -0.143. The maximum atomic E-state index is 12.1. The SMILES string of the molecule is CCC.O=C(CCNc1c2ccccc2nc2ccccc12)OCCN(CCCl)CCCl. The summed E-state index contributed by atoms with van der Waals surface area (Å²) >= 11 is 11.6. The van der Waals surface area contributed by atoms with Crippen molar-refractivity contribution in [2.45, 2.75) is 26.7 Å². The van der Waals surface area contributed by atoms with E-state index in [4.69, 9.17) is 32.9 Å². The molecule has 0 radical (unpaired) electrons. The molecular weight excluding hydrogens is 445 g/mol. The molecule has 0 amide bonds. The molecule has 1 N–H and O–H groups in total. The standard InChI is InChI=1S/C22H25Cl2N3O2.C3H8/c23-10-13-27(14-11-24)15-16-29-21(28)9-12-25-22-17-5-1-3-7-19(17)26-20-8-4-2-6-18(20)22;1-3-2/h1-8H,9-16H2,(H,25,26);3H2,1-2H3. The Hall–Kier alpha value is -2.08. The van der Waals surface area contributed by atoms with Gasteiger partial charge >= 0.3 is 5.97 Å². The molecule has 5 nitrogen and oxygen atoms in total. The molecule has 0 saturated carbocycles. The first-order chi connectivity index (χ1) is 15.6. The van der Waals surface area contributed by atoms with Crippen LogP contribution >= 0.6 is 23.2 Å². The van der Waals surface area contributed by atoms with Crippen molar-refractivity contribution in [3.8, 4) is 0 Å². The largest absolute Gasteiger partial charge is 0.464 e. The lowest BCUT2D eigenvalue weighted by Gasteiger charge is -2.19. The number of carbonyl (C=O) groups is 1. The topological polar surface area (TPSA) is 54.5 Å². The molecule has 0 aliphatic heterocycles. The molecule has 7 heteroatoms. The number of benzene rings is 2. The predicted octanol–water partition coefficient (Wildman–Crippen LogP) is 5.93. The Morgan fingerprint density at radius 1 is 0.938 bits per heavy atom. The number of halogens is 2. The van der Waals surface area contributed by atoms with Crippen LogP contribution in [-0.2, 0) is 9.53 Å². The molecule has 0 spiro atoms. The van der Waals surface area contributed by atoms with Crippen LogP contribution in [0.3, 0.4) is 0 Å². The minimum Gasteiger partial charge on any atom is -0.464 e. The number of fused-ring (bicyclic) bond motifs is 2. The summed E-state index contributed by atoms with van der Waals surface area (Å²) in [6.07, 6.45) is 1.54. The Labute approximate surface area is 201 Å². The summed E-state index contributed by atoms with van der Waals surface area (Å²) in [4.78, 5) is 18.9. The molecular formula is C25H33Cl2N3O2. The van der Waals surface area contributed by atoms with Crippen molar-refractivity contribution in [3.63, 3.8) is 0 Å². The quantitative estimate of drug-likeness (QED) is 0.210. The van der Waals surface area contributed by atoms with E-state index >= 15 is 0 Å². The van der Waals surface area contributed by atoms with Crippen LogP contribution in [0.25, 0.3) is 21.8 Å². The highest BCUT2D eigenvalue weighted by atomic mass is 35.5. The fourth-order valence-corrected chi connectivity index (χ4v) is 3.73. The van der Waals surface area contributed by atoms with E-state index in [-0.39, 0.29) is 12.4 Å². The summed E-state index contributed by atoms with van der Waals surface area (Å²) in [5.41, 5.74) is 2.85. The van der Waals surface area contributed by atoms with Gasteiger partial charge in [-0.15, -0.1) is 23.2 Å². The highest BCUT2D eigenvalue weighted by Gasteiger charge is 2.10. The maximum Gasteiger partial charge on any atom is 0.307 e. The van der Waals surface area contributed by atoms with Gasteiger partial charge in [-0.2, -0.15) is 0 Å². The lowest BCUT2D eigenvalue weighted by atomic mass is 10.1. The van der Waals surface area contributed by atoms with Gasteiger partial charge in [0, 0.05) is 48.7 Å². The van der Waals surface area contributed by atoms with Crippen molar-refractivity contribution in [2.24, 2.45) is 0 Å². The number of hydrogen-bond donors (Lipinski definition) is 1. The molecule has 1 aromatic heterocycles. The van der Waals surface area contributed by atoms with Crippen molar-refractivity contribution < 1.29 is 9.53 Å². The fraction of sp³-hybridized carbons (Fsp3) is 0.440. The Morgan fingerprint density at radius 2 is 1.47 bits per heavy atom. The summed E-state index contributed by atoms with van der Waals surface area (Å²) in [5, 5.41) is 5.49. The monoisotopic (exact) mass is 477 g/mol. The highest BCUT2D eigenvalue weighted by Crippen LogP contribution is 2.30. The molecule has 0 aliphatic carbocycles. The van der Waals surface area contributed by atoms with Gasteiger partial charge in [0.2, 0.25) is 0 Å². The number of aromatic nitrogens is 1. The zero-order valence-corrected chi connectivity index (χ0v) is 20.5. The molecule has 0 atom stereocenters.